The molecule has 2 aromatic carbocycles. The summed E-state index contributed by atoms with van der Waals surface area (Å²) in [5.41, 5.74) is 8.45. The van der Waals surface area contributed by atoms with Gasteiger partial charge in [0.1, 0.15) is 22.9 Å². The van der Waals surface area contributed by atoms with Crippen molar-refractivity contribution in [1.29, 1.82) is 0 Å². The number of nitrogens with two attached hydrogens (primary N) is 1. The number of benzene rings is 2. The molecule has 6 heteroatoms. The second-order valence-corrected chi connectivity index (χ2v) is 4.64. The van der Waals surface area contributed by atoms with Crippen LogP contribution in [0.5, 0.6) is 11.5 Å². The molecule has 22 heavy (non-hydrogen) atoms. The standard InChI is InChI=1S/C16H16N4O2/c1-21-12-9-7-11(8-10-12)15-16(17)20(19-18-15)13-5-3-4-6-14(13)22-2/h3-10H,17H2,1-2H3. The third-order valence-electron chi connectivity index (χ3n) is 3.38. The van der Waals surface area contributed by atoms with Gasteiger partial charge in [0.2, 0.25) is 0 Å². The van der Waals surface area contributed by atoms with Crippen LogP contribution < -0.4 is 15.2 Å². The summed E-state index contributed by atoms with van der Waals surface area (Å²) < 4.78 is 12.1. The van der Waals surface area contributed by atoms with Crippen molar-refractivity contribution in [2.75, 3.05) is 20.0 Å². The smallest absolute Gasteiger partial charge is 0.156 e. The summed E-state index contributed by atoms with van der Waals surface area (Å²) in [5, 5.41) is 8.33. The molecule has 0 atom stereocenters. The molecule has 0 fully saturated rings. The van der Waals surface area contributed by atoms with E-state index in [0.29, 0.717) is 17.3 Å². The highest BCUT2D eigenvalue weighted by atomic mass is 16.5. The molecule has 3 rings (SSSR count). The van der Waals surface area contributed by atoms with Crippen LogP contribution in [0.15, 0.2) is 48.5 Å². The Labute approximate surface area is 128 Å². The van der Waals surface area contributed by atoms with Crippen molar-refractivity contribution in [3.8, 4) is 28.4 Å². The number of ether oxygens (including phenoxy) is 2. The SMILES string of the molecule is COc1ccc(-c2nnn(-c3ccccc3OC)c2N)cc1. The first kappa shape index (κ1) is 13.9. The van der Waals surface area contributed by atoms with Crippen LogP contribution in [0.25, 0.3) is 16.9 Å². The van der Waals surface area contributed by atoms with Crippen molar-refractivity contribution in [2.45, 2.75) is 0 Å². The number of hydrogen-bond donors (Lipinski definition) is 1. The summed E-state index contributed by atoms with van der Waals surface area (Å²) in [6, 6.07) is 15.0. The number of nitrogens with zero attached hydrogens (tertiary/aromatic N) is 3. The van der Waals surface area contributed by atoms with E-state index in [0.717, 1.165) is 17.0 Å². The molecule has 0 saturated heterocycles. The minimum absolute atomic E-state index is 0.453. The van der Waals surface area contributed by atoms with Crippen LogP contribution in [0.1, 0.15) is 0 Å². The van der Waals surface area contributed by atoms with E-state index in [1.54, 1.807) is 18.9 Å². The van der Waals surface area contributed by atoms with E-state index < -0.39 is 0 Å². The lowest BCUT2D eigenvalue weighted by molar-refractivity contribution is 0.411. The highest BCUT2D eigenvalue weighted by Crippen LogP contribution is 2.29. The largest absolute Gasteiger partial charge is 0.497 e. The van der Waals surface area contributed by atoms with Gasteiger partial charge in [-0.2, -0.15) is 4.68 Å². The topological polar surface area (TPSA) is 75.2 Å². The van der Waals surface area contributed by atoms with Crippen molar-refractivity contribution < 1.29 is 9.47 Å². The Balaban J connectivity index is 2.04. The van der Waals surface area contributed by atoms with Crippen LogP contribution >= 0.6 is 0 Å². The predicted molar refractivity (Wildman–Crippen MR) is 84.3 cm³/mol. The molecule has 0 aliphatic rings. The van der Waals surface area contributed by atoms with Crippen molar-refractivity contribution in [1.82, 2.24) is 15.0 Å². The fourth-order valence-corrected chi connectivity index (χ4v) is 2.23. The zero-order chi connectivity index (χ0) is 15.5. The van der Waals surface area contributed by atoms with Crippen molar-refractivity contribution in [3.63, 3.8) is 0 Å². The Morgan fingerprint density at radius 3 is 2.36 bits per heavy atom. The lowest BCUT2D eigenvalue weighted by Gasteiger charge is -2.08. The number of methoxy groups -OCH3 is 2. The second kappa shape index (κ2) is 5.77. The zero-order valence-electron chi connectivity index (χ0n) is 12.4. The Hall–Kier alpha value is -3.02. The van der Waals surface area contributed by atoms with E-state index in [-0.39, 0.29) is 0 Å². The summed E-state index contributed by atoms with van der Waals surface area (Å²) in [6.45, 7) is 0. The van der Waals surface area contributed by atoms with E-state index >= 15 is 0 Å². The molecule has 3 aromatic rings. The fourth-order valence-electron chi connectivity index (χ4n) is 2.23. The van der Waals surface area contributed by atoms with E-state index in [4.69, 9.17) is 15.2 Å². The Morgan fingerprint density at radius 2 is 1.68 bits per heavy atom. The van der Waals surface area contributed by atoms with E-state index in [9.17, 15) is 0 Å². The Morgan fingerprint density at radius 1 is 0.955 bits per heavy atom. The van der Waals surface area contributed by atoms with Gasteiger partial charge in [-0.05, 0) is 36.4 Å². The number of anilines is 1. The van der Waals surface area contributed by atoms with Crippen molar-refractivity contribution in [3.05, 3.63) is 48.5 Å². The third-order valence-corrected chi connectivity index (χ3v) is 3.38. The summed E-state index contributed by atoms with van der Waals surface area (Å²) in [4.78, 5) is 0. The van der Waals surface area contributed by atoms with E-state index in [1.165, 1.54) is 0 Å². The second-order valence-electron chi connectivity index (χ2n) is 4.64. The van der Waals surface area contributed by atoms with Crippen LogP contribution in [0.3, 0.4) is 0 Å². The number of aromatic nitrogens is 3. The molecule has 112 valence electrons. The van der Waals surface area contributed by atoms with Crippen molar-refractivity contribution >= 4 is 5.82 Å². The van der Waals surface area contributed by atoms with Gasteiger partial charge in [-0.1, -0.05) is 17.3 Å². The molecule has 0 bridgehead atoms. The molecule has 0 radical (unpaired) electrons. The maximum Gasteiger partial charge on any atom is 0.156 e. The molecule has 6 nitrogen and oxygen atoms in total. The van der Waals surface area contributed by atoms with Gasteiger partial charge < -0.3 is 15.2 Å². The van der Waals surface area contributed by atoms with Crippen LogP contribution in [0.4, 0.5) is 5.82 Å². The predicted octanol–water partition coefficient (Wildman–Crippen LogP) is 2.53. The Bertz CT molecular complexity index is 781. The van der Waals surface area contributed by atoms with Crippen LogP contribution in [-0.2, 0) is 0 Å². The van der Waals surface area contributed by atoms with Gasteiger partial charge in [-0.15, -0.1) is 5.10 Å². The summed E-state index contributed by atoms with van der Waals surface area (Å²) in [6.07, 6.45) is 0. The summed E-state index contributed by atoms with van der Waals surface area (Å²) in [5.74, 6) is 1.91. The minimum Gasteiger partial charge on any atom is -0.497 e. The molecule has 0 aliphatic heterocycles. The quantitative estimate of drug-likeness (QED) is 0.800. The first-order valence-electron chi connectivity index (χ1n) is 6.73. The average molecular weight is 296 g/mol. The third kappa shape index (κ3) is 2.35. The molecule has 1 aromatic heterocycles. The van der Waals surface area contributed by atoms with Gasteiger partial charge >= 0.3 is 0 Å². The number of hydrogen-bond acceptors (Lipinski definition) is 5. The van der Waals surface area contributed by atoms with E-state index in [1.807, 2.05) is 48.5 Å². The number of para-hydroxylation sites is 2. The van der Waals surface area contributed by atoms with Gasteiger partial charge in [0.05, 0.1) is 14.2 Å². The van der Waals surface area contributed by atoms with Crippen molar-refractivity contribution in [2.24, 2.45) is 0 Å². The average Bonchev–Trinajstić information content (AvgIpc) is 2.96. The highest BCUT2D eigenvalue weighted by Gasteiger charge is 2.15. The molecule has 0 spiro atoms. The van der Waals surface area contributed by atoms with Gasteiger partial charge in [0.25, 0.3) is 0 Å². The normalized spacial score (nSPS) is 10.5. The van der Waals surface area contributed by atoms with Crippen LogP contribution in [-0.4, -0.2) is 29.2 Å². The fraction of sp³-hybridized carbons (Fsp3) is 0.125. The molecular weight excluding hydrogens is 280 g/mol. The molecule has 0 amide bonds. The van der Waals surface area contributed by atoms with E-state index in [2.05, 4.69) is 10.3 Å². The van der Waals surface area contributed by atoms with Gasteiger partial charge in [-0.3, -0.25) is 0 Å². The maximum absolute atomic E-state index is 6.21. The highest BCUT2D eigenvalue weighted by molar-refractivity contribution is 5.72. The molecule has 1 heterocycles. The minimum atomic E-state index is 0.453. The monoisotopic (exact) mass is 296 g/mol. The van der Waals surface area contributed by atoms with Gasteiger partial charge in [0.15, 0.2) is 5.82 Å². The summed E-state index contributed by atoms with van der Waals surface area (Å²) in [7, 11) is 3.23. The van der Waals surface area contributed by atoms with Crippen LogP contribution in [0, 0.1) is 0 Å². The molecule has 2 N–H and O–H groups in total. The first-order chi connectivity index (χ1) is 10.7. The molecule has 0 saturated carbocycles. The lowest BCUT2D eigenvalue weighted by atomic mass is 10.1. The van der Waals surface area contributed by atoms with Gasteiger partial charge in [-0.25, -0.2) is 0 Å². The lowest BCUT2D eigenvalue weighted by Crippen LogP contribution is -2.04. The first-order valence-corrected chi connectivity index (χ1v) is 6.73. The zero-order valence-corrected chi connectivity index (χ0v) is 12.4. The molecule has 0 aliphatic carbocycles. The number of rotatable bonds is 4. The summed E-state index contributed by atoms with van der Waals surface area (Å²) >= 11 is 0. The van der Waals surface area contributed by atoms with Crippen LogP contribution in [0.2, 0.25) is 0 Å². The Kier molecular flexibility index (Phi) is 3.65. The number of nitrogen functional groups attached to an aromatic ring is 1. The molecular formula is C16H16N4O2. The van der Waals surface area contributed by atoms with Gasteiger partial charge in [0, 0.05) is 5.56 Å². The maximum atomic E-state index is 6.21. The molecule has 0 unspecified atom stereocenters.